The van der Waals surface area contributed by atoms with E-state index in [1.807, 2.05) is 6.92 Å². The molecule has 0 aliphatic carbocycles. The van der Waals surface area contributed by atoms with Crippen LogP contribution in [0.3, 0.4) is 0 Å². The zero-order chi connectivity index (χ0) is 14.6. The van der Waals surface area contributed by atoms with Crippen LogP contribution in [0.2, 0.25) is 0 Å². The van der Waals surface area contributed by atoms with Crippen LogP contribution in [0.4, 0.5) is 4.79 Å². The van der Waals surface area contributed by atoms with Gasteiger partial charge in [-0.1, -0.05) is 0 Å². The average molecular weight is 290 g/mol. The Hall–Kier alpha value is -1.11. The molecular weight excluding hydrogens is 268 g/mol. The van der Waals surface area contributed by atoms with Gasteiger partial charge in [-0.2, -0.15) is 0 Å². The molecule has 2 unspecified atom stereocenters. The maximum Gasteiger partial charge on any atom is 0.317 e. The third-order valence-electron chi connectivity index (χ3n) is 3.78. The Bertz CT molecular complexity index is 378. The van der Waals surface area contributed by atoms with E-state index in [1.165, 1.54) is 0 Å². The van der Waals surface area contributed by atoms with E-state index in [1.54, 1.807) is 18.1 Å². The molecule has 6 nitrogen and oxygen atoms in total. The Morgan fingerprint density at radius 3 is 2.37 bits per heavy atom. The predicted molar refractivity (Wildman–Crippen MR) is 73.5 cm³/mol. The molecule has 110 valence electrons. The van der Waals surface area contributed by atoms with Crippen LogP contribution in [-0.4, -0.2) is 57.4 Å². The first-order valence-electron chi connectivity index (χ1n) is 6.34. The van der Waals surface area contributed by atoms with Crippen LogP contribution in [0.5, 0.6) is 0 Å². The molecule has 0 radical (unpaired) electrons. The number of piperidine rings is 1. The van der Waals surface area contributed by atoms with Gasteiger partial charge in [0.25, 0.3) is 0 Å². The fourth-order valence-electron chi connectivity index (χ4n) is 1.88. The monoisotopic (exact) mass is 290 g/mol. The maximum atomic E-state index is 11.9. The van der Waals surface area contributed by atoms with Crippen LogP contribution in [-0.2, 0) is 15.6 Å². The van der Waals surface area contributed by atoms with Gasteiger partial charge in [-0.3, -0.25) is 9.00 Å². The van der Waals surface area contributed by atoms with Gasteiger partial charge in [0, 0.05) is 41.9 Å². The predicted octanol–water partition coefficient (Wildman–Crippen LogP) is 0.650. The van der Waals surface area contributed by atoms with Crippen molar-refractivity contribution < 1.29 is 18.9 Å². The van der Waals surface area contributed by atoms with Gasteiger partial charge in [0.2, 0.25) is 0 Å². The van der Waals surface area contributed by atoms with Gasteiger partial charge in [0.15, 0.2) is 0 Å². The molecule has 1 aliphatic rings. The number of carboxylic acids is 1. The number of nitrogens with one attached hydrogen (secondary N) is 1. The zero-order valence-electron chi connectivity index (χ0n) is 11.6. The van der Waals surface area contributed by atoms with Crippen molar-refractivity contribution in [3.8, 4) is 0 Å². The molecular formula is C12H22N2O4S. The van der Waals surface area contributed by atoms with Crippen molar-refractivity contribution in [1.29, 1.82) is 0 Å². The summed E-state index contributed by atoms with van der Waals surface area (Å²) in [5.41, 5.74) is -0.727. The van der Waals surface area contributed by atoms with Gasteiger partial charge in [-0.05, 0) is 26.7 Å². The summed E-state index contributed by atoms with van der Waals surface area (Å²) in [6.45, 7) is 4.78. The van der Waals surface area contributed by atoms with Crippen molar-refractivity contribution in [2.45, 2.75) is 31.9 Å². The van der Waals surface area contributed by atoms with E-state index in [4.69, 9.17) is 5.11 Å². The molecule has 7 heteroatoms. The summed E-state index contributed by atoms with van der Waals surface area (Å²) in [6, 6.07) is -0.204. The normalized spacial score (nSPS) is 21.5. The highest BCUT2D eigenvalue weighted by Gasteiger charge is 2.37. The van der Waals surface area contributed by atoms with E-state index in [-0.39, 0.29) is 11.3 Å². The number of likely N-dealkylation sites (tertiary alicyclic amines) is 1. The SMILES string of the molecule is CC(CNC(=O)N1CCC(C)(C(=O)O)CC1)S(C)=O. The maximum absolute atomic E-state index is 11.9. The molecule has 0 saturated carbocycles. The molecule has 0 aromatic rings. The van der Waals surface area contributed by atoms with E-state index in [0.29, 0.717) is 32.5 Å². The fourth-order valence-corrected chi connectivity index (χ4v) is 2.20. The topological polar surface area (TPSA) is 86.7 Å². The van der Waals surface area contributed by atoms with Crippen LogP contribution in [0.25, 0.3) is 0 Å². The summed E-state index contributed by atoms with van der Waals surface area (Å²) >= 11 is 0. The second kappa shape index (κ2) is 6.36. The summed E-state index contributed by atoms with van der Waals surface area (Å²) in [5.74, 6) is -0.803. The number of hydrogen-bond donors (Lipinski definition) is 2. The van der Waals surface area contributed by atoms with Crippen molar-refractivity contribution >= 4 is 22.8 Å². The molecule has 0 spiro atoms. The van der Waals surface area contributed by atoms with Crippen molar-refractivity contribution in [2.24, 2.45) is 5.41 Å². The standard InChI is InChI=1S/C12H22N2O4S/c1-9(19(3)18)8-13-11(17)14-6-4-12(2,5-7-14)10(15)16/h9H,4-8H2,1-3H3,(H,13,17)(H,15,16). The van der Waals surface area contributed by atoms with E-state index in [2.05, 4.69) is 5.32 Å². The molecule has 19 heavy (non-hydrogen) atoms. The Labute approximate surface area is 116 Å². The number of amides is 2. The largest absolute Gasteiger partial charge is 0.481 e. The fraction of sp³-hybridized carbons (Fsp3) is 0.833. The number of aliphatic carboxylic acids is 1. The Morgan fingerprint density at radius 2 is 1.95 bits per heavy atom. The molecule has 0 aromatic carbocycles. The van der Waals surface area contributed by atoms with Crippen molar-refractivity contribution in [3.63, 3.8) is 0 Å². The smallest absolute Gasteiger partial charge is 0.317 e. The van der Waals surface area contributed by atoms with E-state index in [9.17, 15) is 13.8 Å². The highest BCUT2D eigenvalue weighted by molar-refractivity contribution is 7.84. The minimum Gasteiger partial charge on any atom is -0.481 e. The van der Waals surface area contributed by atoms with Gasteiger partial charge >= 0.3 is 12.0 Å². The van der Waals surface area contributed by atoms with Crippen LogP contribution in [0.1, 0.15) is 26.7 Å². The van der Waals surface area contributed by atoms with Gasteiger partial charge in [0.1, 0.15) is 0 Å². The lowest BCUT2D eigenvalue weighted by Crippen LogP contribution is -2.49. The number of carbonyl (C=O) groups excluding carboxylic acids is 1. The first-order chi connectivity index (χ1) is 8.76. The lowest BCUT2D eigenvalue weighted by Gasteiger charge is -2.36. The highest BCUT2D eigenvalue weighted by atomic mass is 32.2. The molecule has 2 N–H and O–H groups in total. The Balaban J connectivity index is 2.41. The molecule has 0 bridgehead atoms. The van der Waals surface area contributed by atoms with Gasteiger partial charge < -0.3 is 15.3 Å². The van der Waals surface area contributed by atoms with E-state index in [0.717, 1.165) is 0 Å². The van der Waals surface area contributed by atoms with Crippen LogP contribution in [0.15, 0.2) is 0 Å². The first kappa shape index (κ1) is 15.9. The van der Waals surface area contributed by atoms with Crippen molar-refractivity contribution in [2.75, 3.05) is 25.9 Å². The molecule has 1 rings (SSSR count). The minimum atomic E-state index is -0.961. The molecule has 0 aromatic heterocycles. The number of carbonyl (C=O) groups is 2. The zero-order valence-corrected chi connectivity index (χ0v) is 12.5. The number of carboxylic acid groups (broad SMARTS) is 1. The van der Waals surface area contributed by atoms with E-state index >= 15 is 0 Å². The minimum absolute atomic E-state index is 0.0852. The summed E-state index contributed by atoms with van der Waals surface area (Å²) in [4.78, 5) is 24.6. The second-order valence-corrected chi connectivity index (χ2v) is 7.15. The summed E-state index contributed by atoms with van der Waals surface area (Å²) in [6.07, 6.45) is 2.53. The van der Waals surface area contributed by atoms with E-state index < -0.39 is 22.2 Å². The number of hydrogen-bond acceptors (Lipinski definition) is 3. The average Bonchev–Trinajstić information content (AvgIpc) is 2.36. The third kappa shape index (κ3) is 4.19. The molecule has 2 atom stereocenters. The molecule has 1 heterocycles. The van der Waals surface area contributed by atoms with Crippen LogP contribution >= 0.6 is 0 Å². The molecule has 1 aliphatic heterocycles. The summed E-state index contributed by atoms with van der Waals surface area (Å²) in [5, 5.41) is 11.8. The third-order valence-corrected chi connectivity index (χ3v) is 5.08. The summed E-state index contributed by atoms with van der Waals surface area (Å²) in [7, 11) is -0.961. The van der Waals surface area contributed by atoms with Crippen LogP contribution in [0, 0.1) is 5.41 Å². The molecule has 2 amide bonds. The number of nitrogens with zero attached hydrogens (tertiary/aromatic N) is 1. The molecule has 1 fully saturated rings. The van der Waals surface area contributed by atoms with Crippen molar-refractivity contribution in [3.05, 3.63) is 0 Å². The lowest BCUT2D eigenvalue weighted by atomic mass is 9.80. The Morgan fingerprint density at radius 1 is 1.42 bits per heavy atom. The lowest BCUT2D eigenvalue weighted by molar-refractivity contribution is -0.150. The van der Waals surface area contributed by atoms with Crippen LogP contribution < -0.4 is 5.32 Å². The quantitative estimate of drug-likeness (QED) is 0.796. The number of rotatable bonds is 4. The first-order valence-corrected chi connectivity index (χ1v) is 7.97. The van der Waals surface area contributed by atoms with Gasteiger partial charge in [-0.15, -0.1) is 0 Å². The Kier molecular flexibility index (Phi) is 5.34. The van der Waals surface area contributed by atoms with Gasteiger partial charge in [0.05, 0.1) is 5.41 Å². The second-order valence-electron chi connectivity index (χ2n) is 5.35. The van der Waals surface area contributed by atoms with Gasteiger partial charge in [-0.25, -0.2) is 4.79 Å². The molecule has 1 saturated heterocycles. The van der Waals surface area contributed by atoms with Crippen molar-refractivity contribution in [1.82, 2.24) is 10.2 Å². The number of urea groups is 1. The highest BCUT2D eigenvalue weighted by Crippen LogP contribution is 2.30. The summed E-state index contributed by atoms with van der Waals surface area (Å²) < 4.78 is 11.2.